The number of rotatable bonds is 10. The predicted octanol–water partition coefficient (Wildman–Crippen LogP) is 3.15. The van der Waals surface area contributed by atoms with Crippen molar-refractivity contribution in [2.75, 3.05) is 19.8 Å². The van der Waals surface area contributed by atoms with E-state index in [1.807, 2.05) is 12.1 Å². The molecule has 0 spiro atoms. The second-order valence-electron chi connectivity index (χ2n) is 5.72. The number of furan rings is 1. The van der Waals surface area contributed by atoms with Gasteiger partial charge in [0.05, 0.1) is 32.1 Å². The first-order chi connectivity index (χ1) is 11.2. The van der Waals surface area contributed by atoms with E-state index in [1.54, 1.807) is 12.3 Å². The van der Waals surface area contributed by atoms with Crippen LogP contribution in [0.4, 0.5) is 0 Å². The van der Waals surface area contributed by atoms with E-state index in [0.29, 0.717) is 26.3 Å². The maximum absolute atomic E-state index is 10.2. The fourth-order valence-electron chi connectivity index (χ4n) is 2.51. The van der Waals surface area contributed by atoms with E-state index < -0.39 is 6.10 Å². The van der Waals surface area contributed by atoms with Gasteiger partial charge in [0.1, 0.15) is 5.76 Å². The second kappa shape index (κ2) is 9.30. The third kappa shape index (κ3) is 6.40. The molecule has 0 saturated carbocycles. The molecular formula is C19H25NO3. The van der Waals surface area contributed by atoms with Crippen LogP contribution in [0.1, 0.15) is 16.9 Å². The first kappa shape index (κ1) is 17.5. The van der Waals surface area contributed by atoms with Gasteiger partial charge in [-0.2, -0.15) is 0 Å². The van der Waals surface area contributed by atoms with Crippen molar-refractivity contribution in [2.45, 2.75) is 26.1 Å². The number of aliphatic hydroxyl groups excluding tert-OH is 1. The van der Waals surface area contributed by atoms with Crippen LogP contribution in [0, 0.1) is 6.92 Å². The van der Waals surface area contributed by atoms with Crippen LogP contribution < -0.4 is 0 Å². The summed E-state index contributed by atoms with van der Waals surface area (Å²) >= 11 is 0. The van der Waals surface area contributed by atoms with Crippen LogP contribution in [-0.2, 0) is 17.8 Å². The minimum atomic E-state index is -0.547. The predicted molar refractivity (Wildman–Crippen MR) is 91.0 cm³/mol. The third-order valence-electron chi connectivity index (χ3n) is 3.46. The van der Waals surface area contributed by atoms with Crippen molar-refractivity contribution < 1.29 is 14.3 Å². The molecule has 1 aromatic heterocycles. The summed E-state index contributed by atoms with van der Waals surface area (Å²) in [5.74, 6) is 0.886. The third-order valence-corrected chi connectivity index (χ3v) is 3.46. The van der Waals surface area contributed by atoms with Crippen molar-refractivity contribution in [3.8, 4) is 0 Å². The van der Waals surface area contributed by atoms with Crippen molar-refractivity contribution >= 4 is 0 Å². The highest BCUT2D eigenvalue weighted by atomic mass is 16.5. The fraction of sp³-hybridized carbons (Fsp3) is 0.368. The molecule has 1 aromatic carbocycles. The Morgan fingerprint density at radius 3 is 2.87 bits per heavy atom. The molecule has 2 rings (SSSR count). The SMILES string of the molecule is C=CCOC[C@@H](O)CN(Cc1cccc(C)c1)Cc1ccco1. The van der Waals surface area contributed by atoms with E-state index >= 15 is 0 Å². The van der Waals surface area contributed by atoms with Crippen molar-refractivity contribution in [3.63, 3.8) is 0 Å². The topological polar surface area (TPSA) is 45.8 Å². The first-order valence-electron chi connectivity index (χ1n) is 7.84. The highest BCUT2D eigenvalue weighted by Gasteiger charge is 2.14. The van der Waals surface area contributed by atoms with Gasteiger partial charge in [0.15, 0.2) is 0 Å². The number of hydrogen-bond acceptors (Lipinski definition) is 4. The average molecular weight is 315 g/mol. The lowest BCUT2D eigenvalue weighted by atomic mass is 10.1. The van der Waals surface area contributed by atoms with Crippen molar-refractivity contribution in [2.24, 2.45) is 0 Å². The van der Waals surface area contributed by atoms with Crippen LogP contribution in [0.5, 0.6) is 0 Å². The highest BCUT2D eigenvalue weighted by Crippen LogP contribution is 2.12. The van der Waals surface area contributed by atoms with Gasteiger partial charge in [-0.15, -0.1) is 6.58 Å². The molecule has 0 fully saturated rings. The van der Waals surface area contributed by atoms with Gasteiger partial charge in [0.25, 0.3) is 0 Å². The van der Waals surface area contributed by atoms with Gasteiger partial charge in [-0.05, 0) is 24.6 Å². The Morgan fingerprint density at radius 1 is 1.30 bits per heavy atom. The van der Waals surface area contributed by atoms with Gasteiger partial charge < -0.3 is 14.3 Å². The molecule has 0 amide bonds. The Balaban J connectivity index is 1.97. The summed E-state index contributed by atoms with van der Waals surface area (Å²) in [7, 11) is 0. The molecule has 4 heteroatoms. The van der Waals surface area contributed by atoms with Gasteiger partial charge in [-0.1, -0.05) is 35.9 Å². The molecule has 0 saturated heterocycles. The molecule has 0 aliphatic rings. The number of nitrogens with zero attached hydrogens (tertiary/aromatic N) is 1. The summed E-state index contributed by atoms with van der Waals surface area (Å²) in [4.78, 5) is 2.16. The Bertz CT molecular complexity index is 580. The minimum Gasteiger partial charge on any atom is -0.468 e. The number of ether oxygens (including phenoxy) is 1. The fourth-order valence-corrected chi connectivity index (χ4v) is 2.51. The molecule has 1 N–H and O–H groups in total. The Labute approximate surface area is 138 Å². The van der Waals surface area contributed by atoms with E-state index in [2.05, 4.69) is 42.7 Å². The molecule has 0 aliphatic heterocycles. The Hall–Kier alpha value is -1.88. The standard InChI is InChI=1S/C19H25NO3/c1-3-9-22-15-18(21)13-20(14-19-8-5-10-23-19)12-17-7-4-6-16(2)11-17/h3-8,10-11,18,21H,1,9,12-15H2,2H3/t18-/m0/s1. The van der Waals surface area contributed by atoms with Gasteiger partial charge in [-0.25, -0.2) is 0 Å². The van der Waals surface area contributed by atoms with Crippen LogP contribution >= 0.6 is 0 Å². The van der Waals surface area contributed by atoms with Crippen LogP contribution in [-0.4, -0.2) is 35.9 Å². The number of hydrogen-bond donors (Lipinski definition) is 1. The lowest BCUT2D eigenvalue weighted by Crippen LogP contribution is -2.34. The lowest BCUT2D eigenvalue weighted by molar-refractivity contribution is 0.0216. The average Bonchev–Trinajstić information content (AvgIpc) is 3.00. The maximum atomic E-state index is 10.2. The molecule has 0 bridgehead atoms. The number of aliphatic hydroxyl groups is 1. The van der Waals surface area contributed by atoms with E-state index in [0.717, 1.165) is 12.3 Å². The first-order valence-corrected chi connectivity index (χ1v) is 7.84. The Morgan fingerprint density at radius 2 is 2.17 bits per heavy atom. The summed E-state index contributed by atoms with van der Waals surface area (Å²) in [6, 6.07) is 12.2. The zero-order valence-electron chi connectivity index (χ0n) is 13.6. The second-order valence-corrected chi connectivity index (χ2v) is 5.72. The largest absolute Gasteiger partial charge is 0.468 e. The molecule has 1 heterocycles. The molecule has 4 nitrogen and oxygen atoms in total. The zero-order valence-corrected chi connectivity index (χ0v) is 13.6. The molecule has 0 aliphatic carbocycles. The lowest BCUT2D eigenvalue weighted by Gasteiger charge is -2.24. The molecule has 124 valence electrons. The molecule has 2 aromatic rings. The summed E-state index contributed by atoms with van der Waals surface area (Å²) < 4.78 is 10.8. The summed E-state index contributed by atoms with van der Waals surface area (Å²) in [6.07, 6.45) is 2.80. The van der Waals surface area contributed by atoms with Crippen LogP contribution in [0.2, 0.25) is 0 Å². The van der Waals surface area contributed by atoms with Crippen molar-refractivity contribution in [1.29, 1.82) is 0 Å². The smallest absolute Gasteiger partial charge is 0.117 e. The number of aryl methyl sites for hydroxylation is 1. The zero-order chi connectivity index (χ0) is 16.5. The molecule has 23 heavy (non-hydrogen) atoms. The quantitative estimate of drug-likeness (QED) is 0.540. The normalized spacial score (nSPS) is 12.5. The number of benzene rings is 1. The molecular weight excluding hydrogens is 290 g/mol. The van der Waals surface area contributed by atoms with E-state index in [-0.39, 0.29) is 0 Å². The highest BCUT2D eigenvalue weighted by molar-refractivity contribution is 5.22. The van der Waals surface area contributed by atoms with Gasteiger partial charge >= 0.3 is 0 Å². The summed E-state index contributed by atoms with van der Waals surface area (Å²) in [6.45, 7) is 8.36. The van der Waals surface area contributed by atoms with Crippen LogP contribution in [0.15, 0.2) is 59.7 Å². The minimum absolute atomic E-state index is 0.300. The molecule has 0 unspecified atom stereocenters. The van der Waals surface area contributed by atoms with Gasteiger partial charge in [0, 0.05) is 13.1 Å². The van der Waals surface area contributed by atoms with E-state index in [1.165, 1.54) is 11.1 Å². The van der Waals surface area contributed by atoms with Crippen LogP contribution in [0.25, 0.3) is 0 Å². The van der Waals surface area contributed by atoms with Gasteiger partial charge in [-0.3, -0.25) is 4.90 Å². The Kier molecular flexibility index (Phi) is 7.07. The summed E-state index contributed by atoms with van der Waals surface area (Å²) in [5, 5.41) is 10.2. The molecule has 1 atom stereocenters. The molecule has 0 radical (unpaired) electrons. The van der Waals surface area contributed by atoms with Gasteiger partial charge in [0.2, 0.25) is 0 Å². The van der Waals surface area contributed by atoms with Crippen molar-refractivity contribution in [1.82, 2.24) is 4.90 Å². The van der Waals surface area contributed by atoms with Crippen LogP contribution in [0.3, 0.4) is 0 Å². The van der Waals surface area contributed by atoms with Crippen molar-refractivity contribution in [3.05, 3.63) is 72.2 Å². The maximum Gasteiger partial charge on any atom is 0.117 e. The monoisotopic (exact) mass is 315 g/mol. The summed E-state index contributed by atoms with van der Waals surface area (Å²) in [5.41, 5.74) is 2.45. The van der Waals surface area contributed by atoms with E-state index in [9.17, 15) is 5.11 Å². The van der Waals surface area contributed by atoms with E-state index in [4.69, 9.17) is 9.15 Å².